The molecule has 0 saturated heterocycles. The molecule has 1 nitrogen and oxygen atoms in total. The quantitative estimate of drug-likeness (QED) is 0.634. The van der Waals surface area contributed by atoms with Crippen molar-refractivity contribution in [3.63, 3.8) is 0 Å². The lowest BCUT2D eigenvalue weighted by atomic mass is 10.1. The first kappa shape index (κ1) is 11.0. The third kappa shape index (κ3) is 2.69. The zero-order valence-electron chi connectivity index (χ0n) is 9.59. The molecule has 14 heavy (non-hydrogen) atoms. The van der Waals surface area contributed by atoms with Gasteiger partial charge in [0.2, 0.25) is 0 Å². The Labute approximate surface area is 86.9 Å². The van der Waals surface area contributed by atoms with Crippen LogP contribution in [0.2, 0.25) is 0 Å². The topological polar surface area (TPSA) is 12.4 Å². The number of hydrogen-bond donors (Lipinski definition) is 0. The van der Waals surface area contributed by atoms with E-state index in [4.69, 9.17) is 0 Å². The zero-order valence-corrected chi connectivity index (χ0v) is 9.59. The smallest absolute Gasteiger partial charge is 0.0684 e. The number of unbranched alkanes of at least 4 members (excludes halogenated alkanes) is 1. The molecule has 0 aliphatic carbocycles. The molecule has 0 amide bonds. The number of hydrogen-bond acceptors (Lipinski definition) is 1. The van der Waals surface area contributed by atoms with Crippen LogP contribution < -0.4 is 0 Å². The second kappa shape index (κ2) is 4.94. The van der Waals surface area contributed by atoms with Gasteiger partial charge in [0.25, 0.3) is 0 Å². The minimum atomic E-state index is 1.06. The van der Waals surface area contributed by atoms with Crippen LogP contribution in [0, 0.1) is 20.8 Å². The lowest BCUT2D eigenvalue weighted by Gasteiger charge is -2.05. The van der Waals surface area contributed by atoms with Gasteiger partial charge in [-0.25, -0.2) is 0 Å². The molecule has 0 aliphatic rings. The molecule has 1 rings (SSSR count). The van der Waals surface area contributed by atoms with E-state index in [0.717, 1.165) is 18.5 Å². The third-order valence-electron chi connectivity index (χ3n) is 2.27. The van der Waals surface area contributed by atoms with E-state index >= 15 is 0 Å². The highest BCUT2D eigenvalue weighted by atomic mass is 14.7. The summed E-state index contributed by atoms with van der Waals surface area (Å²) in [7, 11) is 0. The Bertz CT molecular complexity index is 314. The molecule has 0 fully saturated rings. The largest absolute Gasteiger partial charge is 0.261 e. The van der Waals surface area contributed by atoms with Gasteiger partial charge in [0.05, 0.1) is 5.69 Å². The first-order chi connectivity index (χ1) is 6.65. The van der Waals surface area contributed by atoms with Gasteiger partial charge in [-0.15, -0.1) is 0 Å². The lowest BCUT2D eigenvalue weighted by molar-refractivity contribution is 1.01. The summed E-state index contributed by atoms with van der Waals surface area (Å²) in [5, 5.41) is 0. The number of aryl methyl sites for hydroxylation is 3. The van der Waals surface area contributed by atoms with Gasteiger partial charge >= 0.3 is 0 Å². The van der Waals surface area contributed by atoms with Crippen molar-refractivity contribution in [2.45, 2.75) is 40.5 Å². The molecule has 0 radical (unpaired) electrons. The highest BCUT2D eigenvalue weighted by molar-refractivity contribution is 5.66. The molecule has 1 aromatic rings. The fourth-order valence-electron chi connectivity index (χ4n) is 1.66. The monoisotopic (exact) mass is 189 g/mol. The summed E-state index contributed by atoms with van der Waals surface area (Å²) < 4.78 is 0. The standard InChI is InChI=1S/C13H19N/c1-5-6-7-14-13-11(3)8-10(2)9-12(13)4/h7-9H,5-6H2,1-4H3/b14-7-. The van der Waals surface area contributed by atoms with Crippen LogP contribution in [0.5, 0.6) is 0 Å². The molecule has 0 saturated carbocycles. The predicted molar refractivity (Wildman–Crippen MR) is 63.7 cm³/mol. The Hall–Kier alpha value is -1.11. The zero-order chi connectivity index (χ0) is 10.6. The van der Waals surface area contributed by atoms with Crippen molar-refractivity contribution in [1.82, 2.24) is 0 Å². The number of benzene rings is 1. The molecule has 76 valence electrons. The molecule has 0 atom stereocenters. The Morgan fingerprint density at radius 1 is 1.14 bits per heavy atom. The molecule has 0 unspecified atom stereocenters. The predicted octanol–water partition coefficient (Wildman–Crippen LogP) is 4.11. The summed E-state index contributed by atoms with van der Waals surface area (Å²) >= 11 is 0. The maximum Gasteiger partial charge on any atom is 0.0684 e. The summed E-state index contributed by atoms with van der Waals surface area (Å²) in [6.07, 6.45) is 4.24. The molecule has 0 spiro atoms. The van der Waals surface area contributed by atoms with E-state index in [1.54, 1.807) is 0 Å². The maximum atomic E-state index is 4.51. The van der Waals surface area contributed by atoms with Gasteiger partial charge in [-0.2, -0.15) is 0 Å². The van der Waals surface area contributed by atoms with Crippen LogP contribution in [0.15, 0.2) is 17.1 Å². The van der Waals surface area contributed by atoms with Crippen LogP contribution in [-0.2, 0) is 0 Å². The Kier molecular flexibility index (Phi) is 3.87. The molecule has 0 bridgehead atoms. The fraction of sp³-hybridized carbons (Fsp3) is 0.462. The average molecular weight is 189 g/mol. The van der Waals surface area contributed by atoms with E-state index in [1.807, 2.05) is 6.21 Å². The summed E-state index contributed by atoms with van der Waals surface area (Å²) in [6.45, 7) is 8.54. The number of nitrogens with zero attached hydrogens (tertiary/aromatic N) is 1. The van der Waals surface area contributed by atoms with Crippen LogP contribution in [0.3, 0.4) is 0 Å². The van der Waals surface area contributed by atoms with Gasteiger partial charge in [0.1, 0.15) is 0 Å². The first-order valence-corrected chi connectivity index (χ1v) is 5.25. The summed E-state index contributed by atoms with van der Waals surface area (Å²) in [4.78, 5) is 4.51. The third-order valence-corrected chi connectivity index (χ3v) is 2.27. The molecule has 1 heteroatoms. The van der Waals surface area contributed by atoms with Gasteiger partial charge < -0.3 is 0 Å². The molecule has 0 aromatic heterocycles. The normalized spacial score (nSPS) is 11.1. The van der Waals surface area contributed by atoms with Gasteiger partial charge in [-0.1, -0.05) is 31.0 Å². The molecule has 0 N–H and O–H groups in total. The van der Waals surface area contributed by atoms with Gasteiger partial charge in [-0.3, -0.25) is 4.99 Å². The van der Waals surface area contributed by atoms with Crippen LogP contribution in [-0.4, -0.2) is 6.21 Å². The Morgan fingerprint density at radius 3 is 2.21 bits per heavy atom. The highest BCUT2D eigenvalue weighted by Crippen LogP contribution is 2.24. The van der Waals surface area contributed by atoms with Crippen LogP contribution >= 0.6 is 0 Å². The van der Waals surface area contributed by atoms with Crippen molar-refractivity contribution in [1.29, 1.82) is 0 Å². The van der Waals surface area contributed by atoms with Crippen molar-refractivity contribution >= 4 is 11.9 Å². The van der Waals surface area contributed by atoms with Crippen molar-refractivity contribution < 1.29 is 0 Å². The SMILES string of the molecule is CCC/C=N\c1c(C)cc(C)cc1C. The van der Waals surface area contributed by atoms with Gasteiger partial charge in [0.15, 0.2) is 0 Å². The van der Waals surface area contributed by atoms with E-state index in [2.05, 4.69) is 44.8 Å². The van der Waals surface area contributed by atoms with Crippen molar-refractivity contribution in [3.8, 4) is 0 Å². The Balaban J connectivity index is 2.96. The summed E-state index contributed by atoms with van der Waals surface area (Å²) in [5.41, 5.74) is 5.00. The second-order valence-corrected chi connectivity index (χ2v) is 3.85. The van der Waals surface area contributed by atoms with Crippen LogP contribution in [0.4, 0.5) is 5.69 Å². The molecular weight excluding hydrogens is 170 g/mol. The molecule has 0 heterocycles. The number of rotatable bonds is 3. The molecular formula is C13H19N. The summed E-state index contributed by atoms with van der Waals surface area (Å²) in [5.74, 6) is 0. The van der Waals surface area contributed by atoms with Crippen LogP contribution in [0.1, 0.15) is 36.5 Å². The van der Waals surface area contributed by atoms with E-state index in [-0.39, 0.29) is 0 Å². The van der Waals surface area contributed by atoms with Crippen molar-refractivity contribution in [2.24, 2.45) is 4.99 Å². The van der Waals surface area contributed by atoms with E-state index < -0.39 is 0 Å². The fourth-order valence-corrected chi connectivity index (χ4v) is 1.66. The van der Waals surface area contributed by atoms with Gasteiger partial charge in [-0.05, 0) is 38.3 Å². The van der Waals surface area contributed by atoms with Crippen molar-refractivity contribution in [2.75, 3.05) is 0 Å². The Morgan fingerprint density at radius 2 is 1.71 bits per heavy atom. The van der Waals surface area contributed by atoms with Crippen molar-refractivity contribution in [3.05, 3.63) is 28.8 Å². The van der Waals surface area contributed by atoms with E-state index in [1.165, 1.54) is 16.7 Å². The average Bonchev–Trinajstić information content (AvgIpc) is 2.09. The lowest BCUT2D eigenvalue weighted by Crippen LogP contribution is -1.84. The van der Waals surface area contributed by atoms with Gasteiger partial charge in [0, 0.05) is 6.21 Å². The summed E-state index contributed by atoms with van der Waals surface area (Å²) in [6, 6.07) is 4.37. The second-order valence-electron chi connectivity index (χ2n) is 3.85. The minimum Gasteiger partial charge on any atom is -0.261 e. The molecule has 0 aliphatic heterocycles. The van der Waals surface area contributed by atoms with E-state index in [9.17, 15) is 0 Å². The highest BCUT2D eigenvalue weighted by Gasteiger charge is 2.00. The molecule has 1 aromatic carbocycles. The van der Waals surface area contributed by atoms with Crippen LogP contribution in [0.25, 0.3) is 0 Å². The number of aliphatic imine (C=N–C) groups is 1. The van der Waals surface area contributed by atoms with E-state index in [0.29, 0.717) is 0 Å². The first-order valence-electron chi connectivity index (χ1n) is 5.25. The minimum absolute atomic E-state index is 1.06. The maximum absolute atomic E-state index is 4.51.